The van der Waals surface area contributed by atoms with Crippen LogP contribution in [0.5, 0.6) is 0 Å². The molecule has 110 valence electrons. The number of nitrogens with zero attached hydrogens (tertiary/aromatic N) is 5. The van der Waals surface area contributed by atoms with Gasteiger partial charge in [-0.3, -0.25) is 4.99 Å². The van der Waals surface area contributed by atoms with Gasteiger partial charge >= 0.3 is 0 Å². The molecule has 0 bridgehead atoms. The average molecular weight is 276 g/mol. The zero-order valence-electron chi connectivity index (χ0n) is 12.5. The molecule has 1 aromatic rings. The summed E-state index contributed by atoms with van der Waals surface area (Å²) in [5.74, 6) is 1.96. The Kier molecular flexibility index (Phi) is 3.63. The van der Waals surface area contributed by atoms with E-state index in [1.165, 1.54) is 25.7 Å². The van der Waals surface area contributed by atoms with Crippen molar-refractivity contribution in [1.82, 2.24) is 25.0 Å². The zero-order chi connectivity index (χ0) is 14.0. The van der Waals surface area contributed by atoms with Gasteiger partial charge < -0.3 is 14.8 Å². The first-order valence-electron chi connectivity index (χ1n) is 7.59. The summed E-state index contributed by atoms with van der Waals surface area (Å²) in [4.78, 5) is 6.82. The number of likely N-dealkylation sites (tertiary alicyclic amines) is 1. The first kappa shape index (κ1) is 13.4. The molecule has 1 aromatic heterocycles. The van der Waals surface area contributed by atoms with Crippen molar-refractivity contribution in [3.63, 3.8) is 0 Å². The Morgan fingerprint density at radius 1 is 1.45 bits per heavy atom. The maximum absolute atomic E-state index is 4.42. The van der Waals surface area contributed by atoms with Crippen LogP contribution in [0.2, 0.25) is 0 Å². The molecule has 3 rings (SSSR count). The van der Waals surface area contributed by atoms with Crippen LogP contribution in [0, 0.1) is 5.41 Å². The molecular weight excluding hydrogens is 252 g/mol. The van der Waals surface area contributed by atoms with E-state index in [-0.39, 0.29) is 0 Å². The van der Waals surface area contributed by atoms with Gasteiger partial charge in [0.25, 0.3) is 0 Å². The Balaban J connectivity index is 1.58. The highest BCUT2D eigenvalue weighted by Gasteiger charge is 2.43. The Labute approximate surface area is 120 Å². The van der Waals surface area contributed by atoms with Gasteiger partial charge in [0.15, 0.2) is 11.8 Å². The minimum Gasteiger partial charge on any atom is -0.349 e. The third kappa shape index (κ3) is 2.39. The molecule has 6 heteroatoms. The second-order valence-corrected chi connectivity index (χ2v) is 5.96. The van der Waals surface area contributed by atoms with Crippen molar-refractivity contribution in [3.05, 3.63) is 12.2 Å². The van der Waals surface area contributed by atoms with Gasteiger partial charge in [0.1, 0.15) is 6.33 Å². The number of aliphatic imine (C=N–C) groups is 1. The predicted octanol–water partition coefficient (Wildman–Crippen LogP) is 1.25. The quantitative estimate of drug-likeness (QED) is 0.667. The molecule has 1 aliphatic carbocycles. The fourth-order valence-electron chi connectivity index (χ4n) is 3.37. The van der Waals surface area contributed by atoms with E-state index in [0.29, 0.717) is 12.0 Å². The summed E-state index contributed by atoms with van der Waals surface area (Å²) in [6.45, 7) is 5.97. The Bertz CT molecular complexity index is 488. The molecule has 1 N–H and O–H groups in total. The van der Waals surface area contributed by atoms with Crippen LogP contribution in [-0.2, 0) is 13.1 Å². The molecule has 0 radical (unpaired) electrons. The minimum absolute atomic E-state index is 0.598. The van der Waals surface area contributed by atoms with Crippen LogP contribution in [0.4, 0.5) is 0 Å². The average Bonchev–Trinajstić information content (AvgIpc) is 3.05. The summed E-state index contributed by atoms with van der Waals surface area (Å²) in [5.41, 5.74) is 0.598. The van der Waals surface area contributed by atoms with Gasteiger partial charge in [-0.05, 0) is 31.6 Å². The summed E-state index contributed by atoms with van der Waals surface area (Å²) in [5, 5.41) is 11.5. The van der Waals surface area contributed by atoms with Gasteiger partial charge in [-0.2, -0.15) is 0 Å². The lowest BCUT2D eigenvalue weighted by Crippen LogP contribution is -2.42. The van der Waals surface area contributed by atoms with Crippen molar-refractivity contribution in [2.24, 2.45) is 10.4 Å². The molecule has 1 spiro atoms. The Hall–Kier alpha value is -1.59. The van der Waals surface area contributed by atoms with E-state index in [1.807, 2.05) is 7.05 Å². The van der Waals surface area contributed by atoms with Gasteiger partial charge in [0, 0.05) is 26.7 Å². The van der Waals surface area contributed by atoms with Gasteiger partial charge in [-0.25, -0.2) is 0 Å². The second kappa shape index (κ2) is 5.42. The van der Waals surface area contributed by atoms with Crippen LogP contribution < -0.4 is 5.32 Å². The lowest BCUT2D eigenvalue weighted by atomic mass is 9.68. The monoisotopic (exact) mass is 276 g/mol. The van der Waals surface area contributed by atoms with Crippen molar-refractivity contribution >= 4 is 5.96 Å². The Morgan fingerprint density at radius 2 is 2.30 bits per heavy atom. The molecule has 1 saturated heterocycles. The van der Waals surface area contributed by atoms with Crippen LogP contribution in [0.15, 0.2) is 11.3 Å². The molecule has 1 aliphatic heterocycles. The first-order valence-corrected chi connectivity index (χ1v) is 7.59. The molecule has 20 heavy (non-hydrogen) atoms. The van der Waals surface area contributed by atoms with Crippen LogP contribution >= 0.6 is 0 Å². The highest BCUT2D eigenvalue weighted by molar-refractivity contribution is 5.80. The van der Waals surface area contributed by atoms with Crippen molar-refractivity contribution in [1.29, 1.82) is 0 Å². The molecule has 0 aromatic carbocycles. The van der Waals surface area contributed by atoms with E-state index in [0.717, 1.165) is 31.4 Å². The number of hydrogen-bond donors (Lipinski definition) is 1. The van der Waals surface area contributed by atoms with Crippen LogP contribution in [-0.4, -0.2) is 45.8 Å². The van der Waals surface area contributed by atoms with Gasteiger partial charge in [0.05, 0.1) is 6.54 Å². The van der Waals surface area contributed by atoms with Gasteiger partial charge in [-0.1, -0.05) is 6.42 Å². The number of nitrogens with one attached hydrogen (secondary N) is 1. The van der Waals surface area contributed by atoms with Gasteiger partial charge in [-0.15, -0.1) is 10.2 Å². The lowest BCUT2D eigenvalue weighted by Gasteiger charge is -2.38. The highest BCUT2D eigenvalue weighted by atomic mass is 15.3. The van der Waals surface area contributed by atoms with Crippen molar-refractivity contribution < 1.29 is 0 Å². The molecule has 6 nitrogen and oxygen atoms in total. The van der Waals surface area contributed by atoms with E-state index in [4.69, 9.17) is 0 Å². The van der Waals surface area contributed by atoms with Crippen LogP contribution in [0.25, 0.3) is 0 Å². The molecule has 0 amide bonds. The zero-order valence-corrected chi connectivity index (χ0v) is 12.5. The molecule has 2 heterocycles. The largest absolute Gasteiger partial charge is 0.349 e. The van der Waals surface area contributed by atoms with E-state index in [1.54, 1.807) is 6.33 Å². The van der Waals surface area contributed by atoms with Crippen molar-refractivity contribution in [2.75, 3.05) is 20.1 Å². The fraction of sp³-hybridized carbons (Fsp3) is 0.786. The number of hydrogen-bond acceptors (Lipinski definition) is 3. The number of aromatic nitrogens is 3. The van der Waals surface area contributed by atoms with Crippen molar-refractivity contribution in [2.45, 2.75) is 45.7 Å². The van der Waals surface area contributed by atoms with E-state index in [2.05, 4.69) is 36.9 Å². The molecular formula is C14H24N6. The summed E-state index contributed by atoms with van der Waals surface area (Å²) >= 11 is 0. The first-order chi connectivity index (χ1) is 9.76. The number of aryl methyl sites for hydroxylation is 1. The normalized spacial score (nSPS) is 21.3. The van der Waals surface area contributed by atoms with Gasteiger partial charge in [0.2, 0.25) is 0 Å². The molecule has 2 aliphatic rings. The molecule has 0 atom stereocenters. The third-order valence-corrected chi connectivity index (χ3v) is 4.80. The van der Waals surface area contributed by atoms with Crippen LogP contribution in [0.1, 0.15) is 38.4 Å². The summed E-state index contributed by atoms with van der Waals surface area (Å²) in [7, 11) is 1.86. The number of rotatable bonds is 3. The number of guanidine groups is 1. The third-order valence-electron chi connectivity index (χ3n) is 4.80. The van der Waals surface area contributed by atoms with E-state index >= 15 is 0 Å². The fourth-order valence-corrected chi connectivity index (χ4v) is 3.37. The summed E-state index contributed by atoms with van der Waals surface area (Å²) in [6, 6.07) is 0. The smallest absolute Gasteiger partial charge is 0.194 e. The topological polar surface area (TPSA) is 58.3 Å². The second-order valence-electron chi connectivity index (χ2n) is 5.96. The molecule has 0 unspecified atom stereocenters. The van der Waals surface area contributed by atoms with Crippen molar-refractivity contribution in [3.8, 4) is 0 Å². The molecule has 1 saturated carbocycles. The summed E-state index contributed by atoms with van der Waals surface area (Å²) in [6.07, 6.45) is 7.28. The maximum atomic E-state index is 4.42. The predicted molar refractivity (Wildman–Crippen MR) is 78.4 cm³/mol. The highest BCUT2D eigenvalue weighted by Crippen LogP contribution is 2.47. The lowest BCUT2D eigenvalue weighted by molar-refractivity contribution is 0.151. The van der Waals surface area contributed by atoms with E-state index in [9.17, 15) is 0 Å². The maximum Gasteiger partial charge on any atom is 0.194 e. The van der Waals surface area contributed by atoms with Crippen LogP contribution in [0.3, 0.4) is 0 Å². The Morgan fingerprint density at radius 3 is 2.90 bits per heavy atom. The summed E-state index contributed by atoms with van der Waals surface area (Å²) < 4.78 is 2.05. The SMILES string of the molecule is CCn1cnnc1CNC(=NC)N1CCC2(CCC2)C1. The minimum atomic E-state index is 0.598. The van der Waals surface area contributed by atoms with E-state index < -0.39 is 0 Å². The molecule has 2 fully saturated rings. The standard InChI is InChI=1S/C14H24N6/c1-3-19-11-17-18-12(19)9-16-13(15-2)20-8-7-14(10-20)5-4-6-14/h11H,3-10H2,1-2H3,(H,15,16).